The zero-order valence-corrected chi connectivity index (χ0v) is 7.12. The van der Waals surface area contributed by atoms with Crippen molar-refractivity contribution in [3.05, 3.63) is 0 Å². The van der Waals surface area contributed by atoms with Crippen molar-refractivity contribution in [2.24, 2.45) is 10.9 Å². The van der Waals surface area contributed by atoms with Crippen LogP contribution in [-0.4, -0.2) is 32.1 Å². The highest BCUT2D eigenvalue weighted by molar-refractivity contribution is 5.62. The average molecular weight is 160 g/mol. The number of rotatable bonds is 6. The quantitative estimate of drug-likeness (QED) is 0.347. The summed E-state index contributed by atoms with van der Waals surface area (Å²) in [7, 11) is 0. The van der Waals surface area contributed by atoms with Crippen LogP contribution in [0.4, 0.5) is 0 Å². The van der Waals surface area contributed by atoms with Gasteiger partial charge in [-0.1, -0.05) is 5.16 Å². The Morgan fingerprint density at radius 2 is 2.27 bits per heavy atom. The molecule has 4 nitrogen and oxygen atoms in total. The van der Waals surface area contributed by atoms with Gasteiger partial charge < -0.3 is 15.3 Å². The summed E-state index contributed by atoms with van der Waals surface area (Å²) < 4.78 is 5.01. The van der Waals surface area contributed by atoms with E-state index in [0.717, 1.165) is 0 Å². The predicted molar refractivity (Wildman–Crippen MR) is 44.6 cm³/mol. The van der Waals surface area contributed by atoms with Crippen LogP contribution in [0.5, 0.6) is 0 Å². The van der Waals surface area contributed by atoms with Crippen molar-refractivity contribution < 1.29 is 9.57 Å². The van der Waals surface area contributed by atoms with Crippen molar-refractivity contribution in [3.8, 4) is 0 Å². The minimum atomic E-state index is -0.0536. The van der Waals surface area contributed by atoms with E-state index in [1.807, 2.05) is 13.8 Å². The van der Waals surface area contributed by atoms with E-state index in [1.54, 1.807) is 6.21 Å². The number of hydrogen-bond acceptors (Lipinski definition) is 4. The van der Waals surface area contributed by atoms with E-state index in [-0.39, 0.29) is 6.04 Å². The van der Waals surface area contributed by atoms with Crippen LogP contribution in [0.15, 0.2) is 5.16 Å². The van der Waals surface area contributed by atoms with Gasteiger partial charge in [0.05, 0.1) is 12.8 Å². The number of nitrogens with zero attached hydrogens (tertiary/aromatic N) is 1. The van der Waals surface area contributed by atoms with E-state index < -0.39 is 0 Å². The zero-order chi connectivity index (χ0) is 8.53. The predicted octanol–water partition coefficient (Wildman–Crippen LogP) is 0.373. The highest BCUT2D eigenvalue weighted by atomic mass is 16.6. The lowest BCUT2D eigenvalue weighted by molar-refractivity contribution is 0.0565. The minimum absolute atomic E-state index is 0.0536. The summed E-state index contributed by atoms with van der Waals surface area (Å²) >= 11 is 0. The normalized spacial score (nSPS) is 13.7. The summed E-state index contributed by atoms with van der Waals surface area (Å²) in [5, 5.41) is 3.61. The average Bonchev–Trinajstić information content (AvgIpc) is 1.96. The Balaban J connectivity index is 3.01. The van der Waals surface area contributed by atoms with Crippen molar-refractivity contribution in [2.45, 2.75) is 19.9 Å². The third-order valence-electron chi connectivity index (χ3n) is 0.894. The van der Waals surface area contributed by atoms with Gasteiger partial charge in [-0.15, -0.1) is 0 Å². The van der Waals surface area contributed by atoms with E-state index >= 15 is 0 Å². The summed E-state index contributed by atoms with van der Waals surface area (Å²) in [6.07, 6.45) is 1.55. The first-order valence-electron chi connectivity index (χ1n) is 3.76. The van der Waals surface area contributed by atoms with E-state index in [4.69, 9.17) is 15.3 Å². The van der Waals surface area contributed by atoms with Crippen molar-refractivity contribution in [3.63, 3.8) is 0 Å². The summed E-state index contributed by atoms with van der Waals surface area (Å²) in [5.74, 6) is 0. The molecule has 0 saturated carbocycles. The molecule has 0 rings (SSSR count). The van der Waals surface area contributed by atoms with Crippen LogP contribution < -0.4 is 5.73 Å². The van der Waals surface area contributed by atoms with Gasteiger partial charge >= 0.3 is 0 Å². The lowest BCUT2D eigenvalue weighted by atomic mass is 10.4. The SMILES string of the molecule is CCOCCO/N=C/C(C)N. The van der Waals surface area contributed by atoms with Crippen LogP contribution in [-0.2, 0) is 9.57 Å². The lowest BCUT2D eigenvalue weighted by Gasteiger charge is -1.99. The van der Waals surface area contributed by atoms with Crippen LogP contribution in [0.25, 0.3) is 0 Å². The molecule has 4 heteroatoms. The van der Waals surface area contributed by atoms with Gasteiger partial charge in [-0.25, -0.2) is 0 Å². The molecule has 2 N–H and O–H groups in total. The molecule has 0 aliphatic heterocycles. The maximum absolute atomic E-state index is 5.37. The molecule has 0 aliphatic carbocycles. The van der Waals surface area contributed by atoms with Gasteiger partial charge in [0, 0.05) is 12.6 Å². The summed E-state index contributed by atoms with van der Waals surface area (Å²) in [4.78, 5) is 4.81. The molecule has 1 atom stereocenters. The highest BCUT2D eigenvalue weighted by Crippen LogP contribution is 1.78. The number of hydrogen-bond donors (Lipinski definition) is 1. The van der Waals surface area contributed by atoms with Gasteiger partial charge in [0.1, 0.15) is 6.61 Å². The van der Waals surface area contributed by atoms with Gasteiger partial charge in [0.2, 0.25) is 0 Å². The van der Waals surface area contributed by atoms with Crippen molar-refractivity contribution in [1.82, 2.24) is 0 Å². The molecule has 0 aromatic rings. The first kappa shape index (κ1) is 10.4. The molecule has 0 aromatic carbocycles. The lowest BCUT2D eigenvalue weighted by Crippen LogP contribution is -2.16. The second-order valence-corrected chi connectivity index (χ2v) is 2.14. The van der Waals surface area contributed by atoms with Crippen LogP contribution >= 0.6 is 0 Å². The van der Waals surface area contributed by atoms with Gasteiger partial charge in [-0.05, 0) is 13.8 Å². The third kappa shape index (κ3) is 9.39. The van der Waals surface area contributed by atoms with E-state index in [1.165, 1.54) is 0 Å². The molecule has 0 heterocycles. The molecule has 0 aliphatic rings. The molecule has 66 valence electrons. The first-order valence-corrected chi connectivity index (χ1v) is 3.76. The standard InChI is InChI=1S/C7H16N2O2/c1-3-10-4-5-11-9-6-7(2)8/h6-7H,3-5,8H2,1-2H3/b9-6+. The van der Waals surface area contributed by atoms with Gasteiger partial charge in [-0.3, -0.25) is 0 Å². The molecule has 0 aromatic heterocycles. The fourth-order valence-corrected chi connectivity index (χ4v) is 0.432. The molecule has 0 saturated heterocycles. The molecule has 0 spiro atoms. The first-order chi connectivity index (χ1) is 5.27. The van der Waals surface area contributed by atoms with Crippen molar-refractivity contribution >= 4 is 6.21 Å². The Labute approximate surface area is 67.3 Å². The van der Waals surface area contributed by atoms with Gasteiger partial charge in [0.15, 0.2) is 0 Å². The largest absolute Gasteiger partial charge is 0.394 e. The summed E-state index contributed by atoms with van der Waals surface area (Å²) in [6, 6.07) is -0.0536. The second-order valence-electron chi connectivity index (χ2n) is 2.14. The summed E-state index contributed by atoms with van der Waals surface area (Å²) in [5.41, 5.74) is 5.37. The maximum Gasteiger partial charge on any atom is 0.140 e. The van der Waals surface area contributed by atoms with Crippen LogP contribution in [0, 0.1) is 0 Å². The van der Waals surface area contributed by atoms with Crippen molar-refractivity contribution in [2.75, 3.05) is 19.8 Å². The Morgan fingerprint density at radius 3 is 2.82 bits per heavy atom. The topological polar surface area (TPSA) is 56.8 Å². The second kappa shape index (κ2) is 7.50. The van der Waals surface area contributed by atoms with E-state index in [9.17, 15) is 0 Å². The molecule has 0 fully saturated rings. The summed E-state index contributed by atoms with van der Waals surface area (Å²) in [6.45, 7) is 5.53. The monoisotopic (exact) mass is 160 g/mol. The Kier molecular flexibility index (Phi) is 7.08. The molecule has 0 bridgehead atoms. The number of nitrogens with two attached hydrogens (primary N) is 1. The smallest absolute Gasteiger partial charge is 0.140 e. The molecular weight excluding hydrogens is 144 g/mol. The molecule has 0 radical (unpaired) electrons. The zero-order valence-electron chi connectivity index (χ0n) is 7.12. The minimum Gasteiger partial charge on any atom is -0.394 e. The van der Waals surface area contributed by atoms with Gasteiger partial charge in [-0.2, -0.15) is 0 Å². The molecule has 0 amide bonds. The fourth-order valence-electron chi connectivity index (χ4n) is 0.432. The molecular formula is C7H16N2O2. The Hall–Kier alpha value is -0.610. The Morgan fingerprint density at radius 1 is 1.55 bits per heavy atom. The number of oxime groups is 1. The van der Waals surface area contributed by atoms with Crippen molar-refractivity contribution in [1.29, 1.82) is 0 Å². The highest BCUT2D eigenvalue weighted by Gasteiger charge is 1.85. The van der Waals surface area contributed by atoms with E-state index in [0.29, 0.717) is 19.8 Å². The van der Waals surface area contributed by atoms with E-state index in [2.05, 4.69) is 5.16 Å². The Bertz CT molecular complexity index is 105. The number of ether oxygens (including phenoxy) is 1. The van der Waals surface area contributed by atoms with Crippen LogP contribution in [0.3, 0.4) is 0 Å². The van der Waals surface area contributed by atoms with Crippen LogP contribution in [0.2, 0.25) is 0 Å². The fraction of sp³-hybridized carbons (Fsp3) is 0.857. The van der Waals surface area contributed by atoms with Gasteiger partial charge in [0.25, 0.3) is 0 Å². The molecule has 11 heavy (non-hydrogen) atoms. The maximum atomic E-state index is 5.37. The van der Waals surface area contributed by atoms with Crippen LogP contribution in [0.1, 0.15) is 13.8 Å². The molecule has 1 unspecified atom stereocenters. The third-order valence-corrected chi connectivity index (χ3v) is 0.894.